The lowest BCUT2D eigenvalue weighted by molar-refractivity contribution is -0.144. The van der Waals surface area contributed by atoms with Crippen molar-refractivity contribution < 1.29 is 24.0 Å². The highest BCUT2D eigenvalue weighted by Crippen LogP contribution is 2.88. The van der Waals surface area contributed by atoms with Crippen LogP contribution in [0.3, 0.4) is 0 Å². The van der Waals surface area contributed by atoms with Crippen molar-refractivity contribution in [3.8, 4) is 0 Å². The zero-order valence-corrected chi connectivity index (χ0v) is 29.6. The summed E-state index contributed by atoms with van der Waals surface area (Å²) in [4.78, 5) is 69.2. The Morgan fingerprint density at radius 3 is 2.13 bits per heavy atom. The van der Waals surface area contributed by atoms with Gasteiger partial charge in [-0.2, -0.15) is 0 Å². The molecule has 10 nitrogen and oxygen atoms in total. The summed E-state index contributed by atoms with van der Waals surface area (Å²) in [6.45, 7) is 16.9. The summed E-state index contributed by atoms with van der Waals surface area (Å²) in [5.41, 5.74) is -0.425. The smallest absolute Gasteiger partial charge is 0.248 e. The van der Waals surface area contributed by atoms with Crippen molar-refractivity contribution in [2.45, 2.75) is 155 Å². The first-order valence-electron chi connectivity index (χ1n) is 18.2. The van der Waals surface area contributed by atoms with Gasteiger partial charge in [-0.3, -0.25) is 24.0 Å². The third-order valence-electron chi connectivity index (χ3n) is 13.0. The fraction of sp³-hybridized carbons (Fsp3) is 0.811. The van der Waals surface area contributed by atoms with E-state index >= 15 is 0 Å². The van der Waals surface area contributed by atoms with Crippen LogP contribution >= 0.6 is 0 Å². The normalized spacial score (nSPS) is 28.0. The first-order valence-corrected chi connectivity index (χ1v) is 18.2. The number of amides is 5. The van der Waals surface area contributed by atoms with Gasteiger partial charge in [0.05, 0.1) is 6.04 Å². The quantitative estimate of drug-likeness (QED) is 0.175. The maximum Gasteiger partial charge on any atom is 0.248 e. The molecule has 0 aromatic rings. The van der Waals surface area contributed by atoms with Gasteiger partial charge in [-0.25, -0.2) is 0 Å². The molecule has 0 aromatic carbocycles. The predicted octanol–water partition coefficient (Wildman–Crippen LogP) is 4.13. The van der Waals surface area contributed by atoms with Crippen molar-refractivity contribution in [3.63, 3.8) is 0 Å². The maximum atomic E-state index is 14.8. The van der Waals surface area contributed by atoms with Gasteiger partial charge in [0.15, 0.2) is 0 Å². The standard InChI is InChI=1S/C37H59N5O5/c1-8-13-26(23(2)30(44)39-25-16-17-25)40-31(45)27-20-37(35(6,7)36(37)18-12-19-36)21-42(27)33(47)29(34(3,4)5)41-32(46)28(38-22-43)24-14-10-9-11-15-24/h22,24-29H,2,8-21H2,1,3-7H3,(H,38,43)(H,39,44)(H,40,45)(H,41,46)/t26-,27-,28?,29+,37+/m0/s1. The van der Waals surface area contributed by atoms with Crippen molar-refractivity contribution >= 4 is 30.0 Å². The van der Waals surface area contributed by atoms with Crippen LogP contribution in [-0.2, 0) is 24.0 Å². The molecule has 10 heteroatoms. The van der Waals surface area contributed by atoms with Crippen molar-refractivity contribution in [1.82, 2.24) is 26.2 Å². The summed E-state index contributed by atoms with van der Waals surface area (Å²) in [6, 6.07) is -2.69. The van der Waals surface area contributed by atoms with Crippen LogP contribution in [0.4, 0.5) is 0 Å². The number of nitrogens with zero attached hydrogens (tertiary/aromatic N) is 1. The van der Waals surface area contributed by atoms with Gasteiger partial charge in [0.1, 0.15) is 18.1 Å². The first kappa shape index (κ1) is 35.4. The molecule has 4 aliphatic carbocycles. The molecule has 0 aromatic heterocycles. The number of nitrogens with one attached hydrogen (secondary N) is 4. The number of carbonyl (C=O) groups is 5. The molecule has 5 rings (SSSR count). The molecule has 47 heavy (non-hydrogen) atoms. The minimum atomic E-state index is -0.898. The fourth-order valence-corrected chi connectivity index (χ4v) is 9.63. The fourth-order valence-electron chi connectivity index (χ4n) is 9.63. The van der Waals surface area contributed by atoms with Crippen molar-refractivity contribution in [3.05, 3.63) is 12.2 Å². The highest BCUT2D eigenvalue weighted by atomic mass is 16.2. The van der Waals surface area contributed by atoms with Crippen LogP contribution < -0.4 is 21.3 Å². The summed E-state index contributed by atoms with van der Waals surface area (Å²) >= 11 is 0. The lowest BCUT2D eigenvalue weighted by atomic mass is 9.73. The molecule has 4 saturated carbocycles. The van der Waals surface area contributed by atoms with Crippen LogP contribution in [0, 0.1) is 27.6 Å². The topological polar surface area (TPSA) is 137 Å². The van der Waals surface area contributed by atoms with E-state index in [0.717, 1.165) is 70.6 Å². The number of likely N-dealkylation sites (tertiary alicyclic amines) is 1. The van der Waals surface area contributed by atoms with Crippen LogP contribution in [0.5, 0.6) is 0 Å². The Bertz CT molecular complexity index is 1260. The number of rotatable bonds is 13. The van der Waals surface area contributed by atoms with E-state index in [4.69, 9.17) is 0 Å². The molecule has 1 saturated heterocycles. The van der Waals surface area contributed by atoms with E-state index in [9.17, 15) is 24.0 Å². The van der Waals surface area contributed by atoms with Gasteiger partial charge in [-0.05, 0) is 73.5 Å². The molecule has 5 amide bonds. The van der Waals surface area contributed by atoms with Gasteiger partial charge in [0, 0.05) is 23.6 Å². The molecule has 5 fully saturated rings. The van der Waals surface area contributed by atoms with Crippen LogP contribution in [0.25, 0.3) is 0 Å². The highest BCUT2D eigenvalue weighted by Gasteiger charge is 2.85. The van der Waals surface area contributed by atoms with Gasteiger partial charge in [-0.15, -0.1) is 0 Å². The molecule has 0 radical (unpaired) electrons. The minimum Gasteiger partial charge on any atom is -0.350 e. The Morgan fingerprint density at radius 2 is 1.62 bits per heavy atom. The second-order valence-electron chi connectivity index (χ2n) is 16.9. The monoisotopic (exact) mass is 653 g/mol. The molecule has 262 valence electrons. The van der Waals surface area contributed by atoms with E-state index < -0.39 is 29.6 Å². The van der Waals surface area contributed by atoms with Gasteiger partial charge in [0.2, 0.25) is 30.0 Å². The van der Waals surface area contributed by atoms with Crippen molar-refractivity contribution in [2.75, 3.05) is 6.54 Å². The van der Waals surface area contributed by atoms with Gasteiger partial charge < -0.3 is 26.2 Å². The number of carbonyl (C=O) groups excluding carboxylic acids is 5. The third-order valence-corrected chi connectivity index (χ3v) is 13.0. The largest absolute Gasteiger partial charge is 0.350 e. The summed E-state index contributed by atoms with van der Waals surface area (Å²) in [7, 11) is 0. The average molecular weight is 654 g/mol. The Labute approximate surface area is 281 Å². The van der Waals surface area contributed by atoms with Crippen LogP contribution in [-0.4, -0.2) is 71.7 Å². The molecule has 0 bridgehead atoms. The lowest BCUT2D eigenvalue weighted by Gasteiger charge is -2.37. The van der Waals surface area contributed by atoms with Crippen molar-refractivity contribution in [1.29, 1.82) is 0 Å². The molecule has 5 aliphatic rings. The molecule has 4 N–H and O–H groups in total. The SMILES string of the molecule is C=C(C(=O)NC1CC1)[C@H](CCC)NC(=O)[C@@H]1C[C@@]2(CN1C(=O)[C@@H](NC(=O)C(NC=O)C1CCCCC1)C(C)(C)C)C(C)(C)C21CCC1. The summed E-state index contributed by atoms with van der Waals surface area (Å²) in [5.74, 6) is -1.11. The van der Waals surface area contributed by atoms with Crippen LogP contribution in [0.1, 0.15) is 125 Å². The van der Waals surface area contributed by atoms with E-state index in [0.29, 0.717) is 31.4 Å². The van der Waals surface area contributed by atoms with E-state index in [-0.39, 0.29) is 51.8 Å². The Balaban J connectivity index is 1.41. The summed E-state index contributed by atoms with van der Waals surface area (Å²) < 4.78 is 0. The third kappa shape index (κ3) is 6.34. The Hall–Kier alpha value is -2.91. The van der Waals surface area contributed by atoms with Crippen molar-refractivity contribution in [2.24, 2.45) is 27.6 Å². The van der Waals surface area contributed by atoms with Gasteiger partial charge >= 0.3 is 0 Å². The molecule has 1 heterocycles. The van der Waals surface area contributed by atoms with Gasteiger partial charge in [-0.1, -0.05) is 80.2 Å². The summed E-state index contributed by atoms with van der Waals surface area (Å²) in [6.07, 6.45) is 12.5. The van der Waals surface area contributed by atoms with E-state index in [1.165, 1.54) is 0 Å². The predicted molar refractivity (Wildman–Crippen MR) is 181 cm³/mol. The zero-order chi connectivity index (χ0) is 34.4. The highest BCUT2D eigenvalue weighted by molar-refractivity contribution is 5.97. The molecular formula is C37H59N5O5. The lowest BCUT2D eigenvalue weighted by Crippen LogP contribution is -2.61. The van der Waals surface area contributed by atoms with Crippen LogP contribution in [0.2, 0.25) is 0 Å². The molecule has 1 aliphatic heterocycles. The Kier molecular flexibility index (Phi) is 9.93. The second kappa shape index (κ2) is 13.2. The average Bonchev–Trinajstić information content (AvgIpc) is 3.82. The zero-order valence-electron chi connectivity index (χ0n) is 29.6. The molecular weight excluding hydrogens is 594 g/mol. The number of hydrogen-bond acceptors (Lipinski definition) is 5. The van der Waals surface area contributed by atoms with Crippen LogP contribution in [0.15, 0.2) is 12.2 Å². The summed E-state index contributed by atoms with van der Waals surface area (Å²) in [5, 5.41) is 11.9. The maximum absolute atomic E-state index is 14.8. The second-order valence-corrected chi connectivity index (χ2v) is 16.9. The van der Waals surface area contributed by atoms with Gasteiger partial charge in [0.25, 0.3) is 0 Å². The first-order chi connectivity index (χ1) is 22.1. The number of fused-ring (bicyclic) bond motifs is 1. The molecule has 2 spiro atoms. The van der Waals surface area contributed by atoms with E-state index in [1.807, 2.05) is 27.7 Å². The molecule has 5 atom stereocenters. The Morgan fingerprint density at radius 1 is 0.957 bits per heavy atom. The molecule has 1 unspecified atom stereocenters. The minimum absolute atomic E-state index is 0.0182. The van der Waals surface area contributed by atoms with E-state index in [2.05, 4.69) is 41.7 Å². The van der Waals surface area contributed by atoms with E-state index in [1.54, 1.807) is 4.90 Å². The number of hydrogen-bond donors (Lipinski definition) is 4.